The molecule has 8 heteroatoms. The fourth-order valence-electron chi connectivity index (χ4n) is 3.09. The summed E-state index contributed by atoms with van der Waals surface area (Å²) in [6.45, 7) is 4.40. The molecular formula is C16H25N5O3. The van der Waals surface area contributed by atoms with Crippen molar-refractivity contribution < 1.29 is 14.3 Å². The van der Waals surface area contributed by atoms with Crippen molar-refractivity contribution in [2.45, 2.75) is 31.9 Å². The summed E-state index contributed by atoms with van der Waals surface area (Å²) >= 11 is 0. The summed E-state index contributed by atoms with van der Waals surface area (Å²) in [4.78, 5) is 28.0. The van der Waals surface area contributed by atoms with Crippen LogP contribution >= 0.6 is 0 Å². The molecule has 1 aromatic rings. The molecule has 3 amide bonds. The summed E-state index contributed by atoms with van der Waals surface area (Å²) in [6.07, 6.45) is 5.99. The molecule has 3 heterocycles. The number of amides is 3. The predicted octanol–water partition coefficient (Wildman–Crippen LogP) is 0.306. The van der Waals surface area contributed by atoms with Gasteiger partial charge in [-0.25, -0.2) is 4.79 Å². The number of aryl methyl sites for hydroxylation is 1. The highest BCUT2D eigenvalue weighted by Gasteiger charge is 2.31. The van der Waals surface area contributed by atoms with Gasteiger partial charge < -0.3 is 19.9 Å². The maximum Gasteiger partial charge on any atom is 0.317 e. The Labute approximate surface area is 141 Å². The van der Waals surface area contributed by atoms with Gasteiger partial charge in [-0.05, 0) is 25.3 Å². The van der Waals surface area contributed by atoms with Gasteiger partial charge in [-0.1, -0.05) is 0 Å². The number of hydrogen-bond acceptors (Lipinski definition) is 4. The number of hydrogen-bond donors (Lipinski definition) is 1. The minimum absolute atomic E-state index is 0.0559. The molecule has 24 heavy (non-hydrogen) atoms. The third-order valence-corrected chi connectivity index (χ3v) is 4.48. The van der Waals surface area contributed by atoms with Crippen molar-refractivity contribution in [2.75, 3.05) is 39.3 Å². The molecular weight excluding hydrogens is 310 g/mol. The molecule has 8 nitrogen and oxygen atoms in total. The molecule has 0 radical (unpaired) electrons. The lowest BCUT2D eigenvalue weighted by Gasteiger charge is -2.35. The van der Waals surface area contributed by atoms with Crippen LogP contribution in [0.3, 0.4) is 0 Å². The molecule has 3 rings (SSSR count). The molecule has 0 spiro atoms. The van der Waals surface area contributed by atoms with Crippen molar-refractivity contribution in [3.8, 4) is 0 Å². The van der Waals surface area contributed by atoms with E-state index in [1.165, 1.54) is 0 Å². The van der Waals surface area contributed by atoms with Crippen molar-refractivity contribution >= 4 is 11.9 Å². The topological polar surface area (TPSA) is 79.7 Å². The number of piperazine rings is 1. The molecule has 2 aliphatic heterocycles. The highest BCUT2D eigenvalue weighted by molar-refractivity contribution is 5.81. The van der Waals surface area contributed by atoms with E-state index in [0.29, 0.717) is 39.3 Å². The van der Waals surface area contributed by atoms with Crippen LogP contribution in [0, 0.1) is 0 Å². The lowest BCUT2D eigenvalue weighted by molar-refractivity contribution is -0.142. The second-order valence-corrected chi connectivity index (χ2v) is 6.17. The van der Waals surface area contributed by atoms with Gasteiger partial charge in [0.1, 0.15) is 6.10 Å². The third-order valence-electron chi connectivity index (χ3n) is 4.48. The van der Waals surface area contributed by atoms with E-state index in [9.17, 15) is 9.59 Å². The van der Waals surface area contributed by atoms with Crippen molar-refractivity contribution in [3.63, 3.8) is 0 Å². The molecule has 1 N–H and O–H groups in total. The fourth-order valence-corrected chi connectivity index (χ4v) is 3.09. The second-order valence-electron chi connectivity index (χ2n) is 6.17. The van der Waals surface area contributed by atoms with E-state index in [1.807, 2.05) is 21.8 Å². The summed E-state index contributed by atoms with van der Waals surface area (Å²) in [5, 5.41) is 7.06. The molecule has 0 aromatic carbocycles. The van der Waals surface area contributed by atoms with Crippen LogP contribution in [0.4, 0.5) is 4.79 Å². The first-order valence-electron chi connectivity index (χ1n) is 8.64. The van der Waals surface area contributed by atoms with Crippen LogP contribution in [-0.2, 0) is 16.1 Å². The molecule has 2 aliphatic rings. The Hall–Kier alpha value is -2.09. The molecule has 1 unspecified atom stereocenters. The molecule has 0 aliphatic carbocycles. The quantitative estimate of drug-likeness (QED) is 0.785. The van der Waals surface area contributed by atoms with Crippen LogP contribution in [0.25, 0.3) is 0 Å². The first-order valence-corrected chi connectivity index (χ1v) is 8.64. The highest BCUT2D eigenvalue weighted by atomic mass is 16.5. The van der Waals surface area contributed by atoms with Crippen molar-refractivity contribution in [2.24, 2.45) is 0 Å². The lowest BCUT2D eigenvalue weighted by atomic mass is 10.2. The van der Waals surface area contributed by atoms with E-state index in [2.05, 4.69) is 10.4 Å². The number of nitrogens with one attached hydrogen (secondary N) is 1. The fraction of sp³-hybridized carbons (Fsp3) is 0.688. The van der Waals surface area contributed by atoms with Gasteiger partial charge in [-0.3, -0.25) is 9.48 Å². The number of urea groups is 1. The molecule has 2 saturated heterocycles. The zero-order valence-electron chi connectivity index (χ0n) is 13.9. The van der Waals surface area contributed by atoms with Gasteiger partial charge in [-0.2, -0.15) is 5.10 Å². The number of rotatable bonds is 5. The summed E-state index contributed by atoms with van der Waals surface area (Å²) < 4.78 is 7.30. The first-order chi connectivity index (χ1) is 11.7. The standard InChI is InChI=1S/C16H25N5O3/c22-15(14-4-1-13-24-14)19-9-11-20(12-10-19)16(23)17-5-2-7-21-8-3-6-18-21/h3,6,8,14H,1-2,4-5,7,9-13H2,(H,17,23). The number of carbonyl (C=O) groups is 2. The van der Waals surface area contributed by atoms with Crippen LogP contribution in [-0.4, -0.2) is 77.0 Å². The van der Waals surface area contributed by atoms with Gasteiger partial charge in [-0.15, -0.1) is 0 Å². The van der Waals surface area contributed by atoms with Gasteiger partial charge in [0, 0.05) is 58.3 Å². The normalized spacial score (nSPS) is 21.1. The Morgan fingerprint density at radius 1 is 1.21 bits per heavy atom. The predicted molar refractivity (Wildman–Crippen MR) is 87.4 cm³/mol. The Bertz CT molecular complexity index is 534. The van der Waals surface area contributed by atoms with Crippen molar-refractivity contribution in [1.82, 2.24) is 24.9 Å². The van der Waals surface area contributed by atoms with E-state index < -0.39 is 0 Å². The Morgan fingerprint density at radius 3 is 2.67 bits per heavy atom. The zero-order valence-corrected chi connectivity index (χ0v) is 13.9. The molecule has 0 saturated carbocycles. The van der Waals surface area contributed by atoms with Crippen LogP contribution in [0.15, 0.2) is 18.5 Å². The van der Waals surface area contributed by atoms with E-state index in [0.717, 1.165) is 25.8 Å². The second kappa shape index (κ2) is 8.14. The smallest absolute Gasteiger partial charge is 0.317 e. The van der Waals surface area contributed by atoms with E-state index in [1.54, 1.807) is 11.1 Å². The Morgan fingerprint density at radius 2 is 2.00 bits per heavy atom. The first kappa shape index (κ1) is 16.8. The summed E-state index contributed by atoms with van der Waals surface area (Å²) in [6, 6.07) is 1.83. The summed E-state index contributed by atoms with van der Waals surface area (Å²) in [7, 11) is 0. The average Bonchev–Trinajstić information content (AvgIpc) is 3.31. The zero-order chi connectivity index (χ0) is 16.8. The van der Waals surface area contributed by atoms with Gasteiger partial charge in [0.2, 0.25) is 0 Å². The van der Waals surface area contributed by atoms with Gasteiger partial charge in [0.15, 0.2) is 0 Å². The van der Waals surface area contributed by atoms with Crippen molar-refractivity contribution in [3.05, 3.63) is 18.5 Å². The Balaban J connectivity index is 1.33. The van der Waals surface area contributed by atoms with Crippen LogP contribution in [0.2, 0.25) is 0 Å². The van der Waals surface area contributed by atoms with Gasteiger partial charge >= 0.3 is 6.03 Å². The molecule has 2 fully saturated rings. The molecule has 0 bridgehead atoms. The number of carbonyl (C=O) groups excluding carboxylic acids is 2. The number of ether oxygens (including phenoxy) is 1. The minimum atomic E-state index is -0.271. The molecule has 1 aromatic heterocycles. The van der Waals surface area contributed by atoms with Crippen LogP contribution < -0.4 is 5.32 Å². The number of aromatic nitrogens is 2. The summed E-state index contributed by atoms with van der Waals surface area (Å²) in [5.74, 6) is 0.0757. The highest BCUT2D eigenvalue weighted by Crippen LogP contribution is 2.16. The third kappa shape index (κ3) is 4.25. The largest absolute Gasteiger partial charge is 0.368 e. The molecule has 1 atom stereocenters. The van der Waals surface area contributed by atoms with E-state index in [4.69, 9.17) is 4.74 Å². The van der Waals surface area contributed by atoms with E-state index in [-0.39, 0.29) is 18.0 Å². The van der Waals surface area contributed by atoms with Crippen molar-refractivity contribution in [1.29, 1.82) is 0 Å². The molecule has 132 valence electrons. The SMILES string of the molecule is O=C(NCCCn1cccn1)N1CCN(C(=O)C2CCCO2)CC1. The minimum Gasteiger partial charge on any atom is -0.368 e. The maximum absolute atomic E-state index is 12.3. The van der Waals surface area contributed by atoms with Gasteiger partial charge in [0.05, 0.1) is 0 Å². The van der Waals surface area contributed by atoms with Gasteiger partial charge in [0.25, 0.3) is 5.91 Å². The lowest BCUT2D eigenvalue weighted by Crippen LogP contribution is -2.54. The van der Waals surface area contributed by atoms with E-state index >= 15 is 0 Å². The number of nitrogens with zero attached hydrogens (tertiary/aromatic N) is 4. The summed E-state index contributed by atoms with van der Waals surface area (Å²) in [5.41, 5.74) is 0. The average molecular weight is 335 g/mol. The maximum atomic E-state index is 12.3. The van der Waals surface area contributed by atoms with Crippen LogP contribution in [0.5, 0.6) is 0 Å². The van der Waals surface area contributed by atoms with Crippen LogP contribution in [0.1, 0.15) is 19.3 Å². The Kier molecular flexibility index (Phi) is 5.68. The monoisotopic (exact) mass is 335 g/mol.